The minimum absolute atomic E-state index is 0.0355. The highest BCUT2D eigenvalue weighted by molar-refractivity contribution is 6.40. The second kappa shape index (κ2) is 4.83. The number of ether oxygens (including phenoxy) is 1. The number of hydrogen-bond donors (Lipinski definition) is 1. The highest BCUT2D eigenvalue weighted by Crippen LogP contribution is 2.28. The highest BCUT2D eigenvalue weighted by Gasteiger charge is 2.42. The molecular formula is C11H11ClN4O2. The largest absolute Gasteiger partial charge is 0.461 e. The summed E-state index contributed by atoms with van der Waals surface area (Å²) in [6, 6.07) is 6.65. The van der Waals surface area contributed by atoms with E-state index in [1.807, 2.05) is 0 Å². The lowest BCUT2D eigenvalue weighted by atomic mass is 9.96. The molecule has 1 unspecified atom stereocenters. The molecule has 0 bridgehead atoms. The molecule has 94 valence electrons. The van der Waals surface area contributed by atoms with Crippen molar-refractivity contribution in [1.82, 2.24) is 0 Å². The smallest absolute Gasteiger partial charge is 0.359 e. The van der Waals surface area contributed by atoms with E-state index in [-0.39, 0.29) is 12.3 Å². The van der Waals surface area contributed by atoms with Crippen molar-refractivity contribution in [2.45, 2.75) is 12.6 Å². The van der Waals surface area contributed by atoms with Crippen molar-refractivity contribution >= 4 is 23.3 Å². The van der Waals surface area contributed by atoms with Crippen LogP contribution in [0.2, 0.25) is 5.02 Å². The Hall–Kier alpha value is -1.79. The first-order valence-corrected chi connectivity index (χ1v) is 5.68. The Morgan fingerprint density at radius 3 is 2.72 bits per heavy atom. The summed E-state index contributed by atoms with van der Waals surface area (Å²) in [6.07, 6.45) is 0. The lowest BCUT2D eigenvalue weighted by Gasteiger charge is -2.20. The Bertz CT molecular complexity index is 526. The summed E-state index contributed by atoms with van der Waals surface area (Å²) in [6.45, 7) is 1.93. The Morgan fingerprint density at radius 2 is 2.11 bits per heavy atom. The van der Waals surface area contributed by atoms with Crippen molar-refractivity contribution in [3.63, 3.8) is 0 Å². The van der Waals surface area contributed by atoms with E-state index in [1.54, 1.807) is 31.2 Å². The van der Waals surface area contributed by atoms with Crippen molar-refractivity contribution in [3.8, 4) is 0 Å². The fraction of sp³-hybridized carbons (Fsp3) is 0.273. The van der Waals surface area contributed by atoms with Gasteiger partial charge in [-0.25, -0.2) is 4.79 Å². The van der Waals surface area contributed by atoms with Gasteiger partial charge in [0.2, 0.25) is 5.66 Å². The van der Waals surface area contributed by atoms with Crippen LogP contribution in [-0.4, -0.2) is 18.3 Å². The minimum Gasteiger partial charge on any atom is -0.461 e. The Kier molecular flexibility index (Phi) is 3.40. The molecule has 0 saturated heterocycles. The topological polar surface area (TPSA) is 89.4 Å². The predicted molar refractivity (Wildman–Crippen MR) is 66.2 cm³/mol. The zero-order valence-corrected chi connectivity index (χ0v) is 10.4. The van der Waals surface area contributed by atoms with Gasteiger partial charge in [-0.1, -0.05) is 23.7 Å². The molecule has 0 amide bonds. The number of halogens is 1. The number of esters is 1. The molecule has 2 N–H and O–H groups in total. The van der Waals surface area contributed by atoms with Crippen LogP contribution in [0.3, 0.4) is 0 Å². The maximum absolute atomic E-state index is 11.7. The monoisotopic (exact) mass is 266 g/mol. The van der Waals surface area contributed by atoms with Gasteiger partial charge < -0.3 is 4.74 Å². The van der Waals surface area contributed by atoms with Gasteiger partial charge in [0, 0.05) is 10.6 Å². The summed E-state index contributed by atoms with van der Waals surface area (Å²) in [5, 5.41) is 11.5. The van der Waals surface area contributed by atoms with E-state index < -0.39 is 11.6 Å². The highest BCUT2D eigenvalue weighted by atomic mass is 35.5. The molecule has 0 spiro atoms. The van der Waals surface area contributed by atoms with E-state index in [2.05, 4.69) is 15.4 Å². The van der Waals surface area contributed by atoms with Crippen molar-refractivity contribution in [2.75, 3.05) is 6.61 Å². The second-order valence-electron chi connectivity index (χ2n) is 3.63. The zero-order chi connectivity index (χ0) is 13.2. The third-order valence-corrected chi connectivity index (χ3v) is 2.71. The Labute approximate surface area is 108 Å². The van der Waals surface area contributed by atoms with Crippen LogP contribution in [0.15, 0.2) is 39.7 Å². The number of nitrogens with zero attached hydrogens (tertiary/aromatic N) is 3. The maximum atomic E-state index is 11.7. The third-order valence-electron chi connectivity index (χ3n) is 2.46. The molecule has 7 heteroatoms. The molecule has 1 aliphatic heterocycles. The van der Waals surface area contributed by atoms with Crippen LogP contribution < -0.4 is 5.73 Å². The van der Waals surface area contributed by atoms with Crippen molar-refractivity contribution in [1.29, 1.82) is 0 Å². The molecule has 1 aliphatic rings. The van der Waals surface area contributed by atoms with Gasteiger partial charge in [-0.05, 0) is 24.3 Å². The van der Waals surface area contributed by atoms with E-state index in [0.717, 1.165) is 0 Å². The van der Waals surface area contributed by atoms with Crippen molar-refractivity contribution < 1.29 is 9.53 Å². The molecule has 0 fully saturated rings. The molecule has 0 radical (unpaired) electrons. The van der Waals surface area contributed by atoms with Gasteiger partial charge in [-0.2, -0.15) is 0 Å². The van der Waals surface area contributed by atoms with Gasteiger partial charge in [-0.3, -0.25) is 5.73 Å². The van der Waals surface area contributed by atoms with E-state index in [9.17, 15) is 4.79 Å². The van der Waals surface area contributed by atoms with Crippen LogP contribution in [0.25, 0.3) is 0 Å². The number of hydrogen-bond acceptors (Lipinski definition) is 6. The molecule has 2 rings (SSSR count). The molecule has 0 aliphatic carbocycles. The molecule has 0 aromatic heterocycles. The van der Waals surface area contributed by atoms with E-state index in [4.69, 9.17) is 22.1 Å². The average molecular weight is 267 g/mol. The van der Waals surface area contributed by atoms with Crippen LogP contribution in [0.1, 0.15) is 12.5 Å². The summed E-state index contributed by atoms with van der Waals surface area (Å²) in [5.74, 6) is -0.625. The van der Waals surface area contributed by atoms with Crippen LogP contribution >= 0.6 is 11.6 Å². The molecule has 18 heavy (non-hydrogen) atoms. The van der Waals surface area contributed by atoms with Crippen LogP contribution in [0, 0.1) is 0 Å². The van der Waals surface area contributed by atoms with E-state index >= 15 is 0 Å². The normalized spacial score (nSPS) is 21.8. The van der Waals surface area contributed by atoms with Crippen molar-refractivity contribution in [3.05, 3.63) is 34.9 Å². The number of nitrogens with two attached hydrogens (primary N) is 1. The van der Waals surface area contributed by atoms with Crippen LogP contribution in [-0.2, 0) is 15.2 Å². The molecular weight excluding hydrogens is 256 g/mol. The summed E-state index contributed by atoms with van der Waals surface area (Å²) >= 11 is 5.80. The summed E-state index contributed by atoms with van der Waals surface area (Å²) in [7, 11) is 0. The number of carbonyl (C=O) groups excluding carboxylic acids is 1. The molecule has 1 aromatic rings. The molecule has 1 aromatic carbocycles. The van der Waals surface area contributed by atoms with Gasteiger partial charge >= 0.3 is 5.97 Å². The molecule has 1 heterocycles. The SMILES string of the molecule is CCOC(=O)C1=NN=NC1(N)c1ccc(Cl)cc1. The van der Waals surface area contributed by atoms with Gasteiger partial charge in [0.25, 0.3) is 0 Å². The first-order chi connectivity index (χ1) is 8.58. The van der Waals surface area contributed by atoms with Gasteiger partial charge in [-0.15, -0.1) is 10.2 Å². The quantitative estimate of drug-likeness (QED) is 0.847. The van der Waals surface area contributed by atoms with Gasteiger partial charge in [0.15, 0.2) is 5.71 Å². The van der Waals surface area contributed by atoms with E-state index in [1.165, 1.54) is 0 Å². The van der Waals surface area contributed by atoms with Gasteiger partial charge in [0.1, 0.15) is 0 Å². The van der Waals surface area contributed by atoms with E-state index in [0.29, 0.717) is 10.6 Å². The first-order valence-electron chi connectivity index (χ1n) is 5.30. The predicted octanol–water partition coefficient (Wildman–Crippen LogP) is 1.84. The van der Waals surface area contributed by atoms with Crippen molar-refractivity contribution in [2.24, 2.45) is 21.2 Å². The van der Waals surface area contributed by atoms with Gasteiger partial charge in [0.05, 0.1) is 6.61 Å². The molecule has 0 saturated carbocycles. The fourth-order valence-corrected chi connectivity index (χ4v) is 1.68. The standard InChI is InChI=1S/C11H11ClN4O2/c1-2-18-10(17)9-11(13,15-16-14-9)7-3-5-8(12)6-4-7/h3-6H,2,13H2,1H3. The minimum atomic E-state index is -1.41. The van der Waals surface area contributed by atoms with Crippen LogP contribution in [0.5, 0.6) is 0 Å². The zero-order valence-electron chi connectivity index (χ0n) is 9.63. The average Bonchev–Trinajstić information content (AvgIpc) is 2.73. The Balaban J connectivity index is 2.35. The molecule has 1 atom stereocenters. The first kappa shape index (κ1) is 12.7. The maximum Gasteiger partial charge on any atom is 0.359 e. The number of carbonyl (C=O) groups is 1. The lowest BCUT2D eigenvalue weighted by Crippen LogP contribution is -2.45. The lowest BCUT2D eigenvalue weighted by molar-refractivity contribution is -0.135. The second-order valence-corrected chi connectivity index (χ2v) is 4.07. The van der Waals surface area contributed by atoms with Crippen LogP contribution in [0.4, 0.5) is 0 Å². The fourth-order valence-electron chi connectivity index (χ4n) is 1.56. The summed E-state index contributed by atoms with van der Waals surface area (Å²) in [5.41, 5.74) is 5.20. The Morgan fingerprint density at radius 1 is 1.44 bits per heavy atom. The summed E-state index contributed by atoms with van der Waals surface area (Å²) < 4.78 is 4.87. The molecule has 6 nitrogen and oxygen atoms in total. The number of rotatable bonds is 3. The number of benzene rings is 1. The summed E-state index contributed by atoms with van der Waals surface area (Å²) in [4.78, 5) is 11.7. The third kappa shape index (κ3) is 2.12.